The van der Waals surface area contributed by atoms with Crippen LogP contribution < -0.4 is 15.8 Å². The number of nitrogens with zero attached hydrogens (tertiary/aromatic N) is 3. The molecule has 23 heavy (non-hydrogen) atoms. The maximum absolute atomic E-state index is 12.4. The van der Waals surface area contributed by atoms with Gasteiger partial charge in [0.1, 0.15) is 6.54 Å². The van der Waals surface area contributed by atoms with E-state index >= 15 is 0 Å². The van der Waals surface area contributed by atoms with Crippen LogP contribution in [0.25, 0.3) is 0 Å². The Hall–Kier alpha value is -1.89. The molecule has 7 nitrogen and oxygen atoms in total. The van der Waals surface area contributed by atoms with Crippen molar-refractivity contribution in [1.29, 1.82) is 0 Å². The van der Waals surface area contributed by atoms with Gasteiger partial charge in [0, 0.05) is 32.3 Å². The van der Waals surface area contributed by atoms with Crippen molar-refractivity contribution in [3.8, 4) is 0 Å². The second-order valence-electron chi connectivity index (χ2n) is 5.98. The van der Waals surface area contributed by atoms with Crippen molar-refractivity contribution in [2.24, 2.45) is 0 Å². The standard InChI is InChI=1S/C16H26N4O3/c1-4-12(2)17-14(21)10-20-15(22)9-13(11-23-3)18-16(20)19-7-5-6-8-19/h9,12H,4-8,10-11H2,1-3H3,(H,17,21). The highest BCUT2D eigenvalue weighted by Gasteiger charge is 2.21. The largest absolute Gasteiger partial charge is 0.378 e. The second-order valence-corrected chi connectivity index (χ2v) is 5.98. The van der Waals surface area contributed by atoms with Crippen LogP contribution in [-0.2, 0) is 22.7 Å². The van der Waals surface area contributed by atoms with Crippen LogP contribution in [0.3, 0.4) is 0 Å². The summed E-state index contributed by atoms with van der Waals surface area (Å²) in [5.41, 5.74) is 0.381. The lowest BCUT2D eigenvalue weighted by molar-refractivity contribution is -0.122. The van der Waals surface area contributed by atoms with Crippen molar-refractivity contribution in [3.63, 3.8) is 0 Å². The maximum Gasteiger partial charge on any atom is 0.255 e. The fourth-order valence-corrected chi connectivity index (χ4v) is 2.64. The van der Waals surface area contributed by atoms with Gasteiger partial charge in [-0.1, -0.05) is 6.92 Å². The van der Waals surface area contributed by atoms with Crippen molar-refractivity contribution in [1.82, 2.24) is 14.9 Å². The predicted molar refractivity (Wildman–Crippen MR) is 88.6 cm³/mol. The average Bonchev–Trinajstić information content (AvgIpc) is 3.04. The number of anilines is 1. The molecule has 7 heteroatoms. The first-order chi connectivity index (χ1) is 11.0. The molecule has 2 rings (SSSR count). The molecule has 1 aromatic rings. The minimum atomic E-state index is -0.215. The van der Waals surface area contributed by atoms with E-state index in [1.807, 2.05) is 13.8 Å². The number of amides is 1. The Balaban J connectivity index is 2.28. The number of aromatic nitrogens is 2. The fourth-order valence-electron chi connectivity index (χ4n) is 2.64. The van der Waals surface area contributed by atoms with Gasteiger partial charge in [0.2, 0.25) is 11.9 Å². The minimum absolute atomic E-state index is 0.00469. The molecule has 1 aromatic heterocycles. The van der Waals surface area contributed by atoms with Gasteiger partial charge in [-0.2, -0.15) is 0 Å². The van der Waals surface area contributed by atoms with Crippen LogP contribution in [-0.4, -0.2) is 41.7 Å². The Morgan fingerprint density at radius 1 is 1.43 bits per heavy atom. The summed E-state index contributed by atoms with van der Waals surface area (Å²) < 4.78 is 6.54. The number of hydrogen-bond donors (Lipinski definition) is 1. The normalized spacial score (nSPS) is 15.7. The molecule has 0 radical (unpaired) electrons. The molecule has 1 amide bonds. The van der Waals surface area contributed by atoms with Crippen LogP contribution in [0.15, 0.2) is 10.9 Å². The molecule has 1 unspecified atom stereocenters. The number of carbonyl (C=O) groups excluding carboxylic acids is 1. The molecule has 0 spiro atoms. The Morgan fingerprint density at radius 2 is 2.13 bits per heavy atom. The summed E-state index contributed by atoms with van der Waals surface area (Å²) in [5.74, 6) is 0.407. The maximum atomic E-state index is 12.4. The summed E-state index contributed by atoms with van der Waals surface area (Å²) in [6.45, 7) is 5.95. The molecule has 128 valence electrons. The van der Waals surface area contributed by atoms with Gasteiger partial charge in [-0.3, -0.25) is 14.2 Å². The zero-order chi connectivity index (χ0) is 16.8. The molecule has 1 aliphatic rings. The molecule has 1 saturated heterocycles. The molecule has 2 heterocycles. The van der Waals surface area contributed by atoms with E-state index < -0.39 is 0 Å². The molecular weight excluding hydrogens is 296 g/mol. The highest BCUT2D eigenvalue weighted by Crippen LogP contribution is 2.17. The number of rotatable bonds is 7. The van der Waals surface area contributed by atoms with Gasteiger partial charge in [-0.05, 0) is 26.2 Å². The van der Waals surface area contributed by atoms with Crippen molar-refractivity contribution in [2.45, 2.75) is 52.3 Å². The Labute approximate surface area is 136 Å². The van der Waals surface area contributed by atoms with Crippen LogP contribution in [0.2, 0.25) is 0 Å². The van der Waals surface area contributed by atoms with Gasteiger partial charge in [-0.25, -0.2) is 4.98 Å². The highest BCUT2D eigenvalue weighted by molar-refractivity contribution is 5.76. The molecular formula is C16H26N4O3. The lowest BCUT2D eigenvalue weighted by Crippen LogP contribution is -2.39. The van der Waals surface area contributed by atoms with Gasteiger partial charge >= 0.3 is 0 Å². The van der Waals surface area contributed by atoms with E-state index in [-0.39, 0.29) is 30.7 Å². The number of carbonyl (C=O) groups is 1. The van der Waals surface area contributed by atoms with Crippen molar-refractivity contribution in [2.75, 3.05) is 25.1 Å². The zero-order valence-corrected chi connectivity index (χ0v) is 14.2. The van der Waals surface area contributed by atoms with E-state index in [1.165, 1.54) is 10.6 Å². The van der Waals surface area contributed by atoms with Crippen molar-refractivity contribution in [3.05, 3.63) is 22.1 Å². The lowest BCUT2D eigenvalue weighted by Gasteiger charge is -2.22. The van der Waals surface area contributed by atoms with Crippen LogP contribution in [0, 0.1) is 0 Å². The summed E-state index contributed by atoms with van der Waals surface area (Å²) in [6, 6.07) is 1.54. The molecule has 0 aliphatic carbocycles. The third kappa shape index (κ3) is 4.54. The van der Waals surface area contributed by atoms with Crippen molar-refractivity contribution < 1.29 is 9.53 Å². The third-order valence-corrected chi connectivity index (χ3v) is 4.04. The van der Waals surface area contributed by atoms with Crippen LogP contribution >= 0.6 is 0 Å². The Morgan fingerprint density at radius 3 is 2.74 bits per heavy atom. The first kappa shape index (κ1) is 17.5. The minimum Gasteiger partial charge on any atom is -0.378 e. The van der Waals surface area contributed by atoms with E-state index in [1.54, 1.807) is 7.11 Å². The quantitative estimate of drug-likeness (QED) is 0.807. The Bertz CT molecular complexity index is 593. The number of ether oxygens (including phenoxy) is 1. The number of hydrogen-bond acceptors (Lipinski definition) is 5. The summed E-state index contributed by atoms with van der Waals surface area (Å²) in [6.07, 6.45) is 3.00. The smallest absolute Gasteiger partial charge is 0.255 e. The van der Waals surface area contributed by atoms with Crippen LogP contribution in [0.1, 0.15) is 38.8 Å². The van der Waals surface area contributed by atoms with Gasteiger partial charge in [-0.15, -0.1) is 0 Å². The summed E-state index contributed by atoms with van der Waals surface area (Å²) in [5, 5.41) is 2.89. The molecule has 1 N–H and O–H groups in total. The van der Waals surface area contributed by atoms with Crippen LogP contribution in [0.5, 0.6) is 0 Å². The van der Waals surface area contributed by atoms with Crippen molar-refractivity contribution >= 4 is 11.9 Å². The van der Waals surface area contributed by atoms with E-state index in [9.17, 15) is 9.59 Å². The molecule has 0 aromatic carbocycles. The van der Waals surface area contributed by atoms with E-state index in [0.717, 1.165) is 32.4 Å². The van der Waals surface area contributed by atoms with Crippen LogP contribution in [0.4, 0.5) is 5.95 Å². The topological polar surface area (TPSA) is 76.5 Å². The summed E-state index contributed by atoms with van der Waals surface area (Å²) >= 11 is 0. The molecule has 1 fully saturated rings. The van der Waals surface area contributed by atoms with E-state index in [0.29, 0.717) is 11.6 Å². The summed E-state index contributed by atoms with van der Waals surface area (Å²) in [7, 11) is 1.57. The molecule has 1 aliphatic heterocycles. The third-order valence-electron chi connectivity index (χ3n) is 4.04. The highest BCUT2D eigenvalue weighted by atomic mass is 16.5. The van der Waals surface area contributed by atoms with Gasteiger partial charge in [0.05, 0.1) is 12.3 Å². The van der Waals surface area contributed by atoms with E-state index in [4.69, 9.17) is 4.74 Å². The monoisotopic (exact) mass is 322 g/mol. The van der Waals surface area contributed by atoms with Gasteiger partial charge in [0.25, 0.3) is 5.56 Å². The fraction of sp³-hybridized carbons (Fsp3) is 0.688. The SMILES string of the molecule is CCC(C)NC(=O)Cn1c(N2CCCC2)nc(COC)cc1=O. The first-order valence-corrected chi connectivity index (χ1v) is 8.19. The van der Waals surface area contributed by atoms with Gasteiger partial charge < -0.3 is 15.0 Å². The molecule has 0 saturated carbocycles. The predicted octanol–water partition coefficient (Wildman–Crippen LogP) is 0.905. The van der Waals surface area contributed by atoms with E-state index in [2.05, 4.69) is 15.2 Å². The second kappa shape index (κ2) is 8.10. The summed E-state index contributed by atoms with van der Waals surface area (Å²) in [4.78, 5) is 31.2. The zero-order valence-electron chi connectivity index (χ0n) is 14.2. The molecule has 1 atom stereocenters. The average molecular weight is 322 g/mol. The molecule has 0 bridgehead atoms. The lowest BCUT2D eigenvalue weighted by atomic mass is 10.2. The van der Waals surface area contributed by atoms with Gasteiger partial charge in [0.15, 0.2) is 0 Å². The number of nitrogens with one attached hydrogen (secondary N) is 1. The number of methoxy groups -OCH3 is 1. The first-order valence-electron chi connectivity index (χ1n) is 8.19. The Kier molecular flexibility index (Phi) is 6.15.